The minimum atomic E-state index is 0.338. The number of hydrogen-bond donors (Lipinski definition) is 0. The van der Waals surface area contributed by atoms with Gasteiger partial charge in [0, 0.05) is 6.42 Å². The zero-order chi connectivity index (χ0) is 10.9. The van der Waals surface area contributed by atoms with E-state index in [9.17, 15) is 0 Å². The third-order valence-electron chi connectivity index (χ3n) is 3.23. The van der Waals surface area contributed by atoms with Crippen molar-refractivity contribution in [2.75, 3.05) is 0 Å². The largest absolute Gasteiger partial charge is 0.117 e. The first-order chi connectivity index (χ1) is 7.07. The summed E-state index contributed by atoms with van der Waals surface area (Å²) in [6.45, 7) is 6.95. The summed E-state index contributed by atoms with van der Waals surface area (Å²) in [5.74, 6) is 6.86. The molecule has 0 radical (unpaired) electrons. The quantitative estimate of drug-likeness (QED) is 0.409. The Morgan fingerprint density at radius 2 is 2.13 bits per heavy atom. The molecule has 0 heterocycles. The molecule has 0 spiro atoms. The Kier molecular flexibility index (Phi) is 2.59. The van der Waals surface area contributed by atoms with Crippen molar-refractivity contribution in [1.82, 2.24) is 0 Å². The summed E-state index contributed by atoms with van der Waals surface area (Å²) in [5, 5.41) is 0. The Bertz CT molecular complexity index is 409. The fourth-order valence-corrected chi connectivity index (χ4v) is 2.37. The molecule has 2 aliphatic rings. The molecular weight excluding hydrogens is 180 g/mol. The summed E-state index contributed by atoms with van der Waals surface area (Å²) in [6, 6.07) is 0. The minimum Gasteiger partial charge on any atom is -0.117 e. The first-order valence-electron chi connectivity index (χ1n) is 5.71. The zero-order valence-corrected chi connectivity index (χ0v) is 9.85. The highest BCUT2D eigenvalue weighted by Crippen LogP contribution is 2.39. The second kappa shape index (κ2) is 3.76. The van der Waals surface area contributed by atoms with Crippen molar-refractivity contribution in [1.29, 1.82) is 0 Å². The third kappa shape index (κ3) is 2.25. The summed E-state index contributed by atoms with van der Waals surface area (Å²) in [4.78, 5) is 0. The molecular formula is C15H18. The van der Waals surface area contributed by atoms with Crippen LogP contribution in [0, 0.1) is 23.2 Å². The molecule has 0 N–H and O–H groups in total. The van der Waals surface area contributed by atoms with Crippen LogP contribution in [0.2, 0.25) is 0 Å². The Morgan fingerprint density at radius 3 is 2.87 bits per heavy atom. The molecule has 2 bridgehead atoms. The van der Waals surface area contributed by atoms with Gasteiger partial charge in [-0.15, -0.1) is 5.73 Å². The highest BCUT2D eigenvalue weighted by Gasteiger charge is 2.29. The summed E-state index contributed by atoms with van der Waals surface area (Å²) in [5.41, 5.74) is 6.64. The van der Waals surface area contributed by atoms with E-state index in [1.807, 2.05) is 6.08 Å². The molecule has 0 nitrogen and oxygen atoms in total. The van der Waals surface area contributed by atoms with Crippen molar-refractivity contribution in [2.45, 2.75) is 40.0 Å². The molecule has 0 saturated heterocycles. The summed E-state index contributed by atoms with van der Waals surface area (Å²) >= 11 is 0. The molecule has 0 aromatic heterocycles. The molecule has 0 saturated carbocycles. The average Bonchev–Trinajstić information content (AvgIpc) is 2.13. The van der Waals surface area contributed by atoms with Crippen LogP contribution in [-0.4, -0.2) is 0 Å². The van der Waals surface area contributed by atoms with E-state index in [0.29, 0.717) is 11.3 Å². The molecule has 1 unspecified atom stereocenters. The van der Waals surface area contributed by atoms with Crippen LogP contribution in [0.25, 0.3) is 0 Å². The van der Waals surface area contributed by atoms with Gasteiger partial charge in [-0.25, -0.2) is 0 Å². The van der Waals surface area contributed by atoms with Crippen LogP contribution in [0.5, 0.6) is 0 Å². The van der Waals surface area contributed by atoms with E-state index in [1.54, 1.807) is 0 Å². The SMILES string of the molecule is CC(C)(C)C1CCC2=C=C1/C=C\C#CC2. The highest BCUT2D eigenvalue weighted by atomic mass is 14.3. The number of allylic oxidation sites excluding steroid dienone is 3. The average molecular weight is 198 g/mol. The lowest BCUT2D eigenvalue weighted by Gasteiger charge is -2.33. The minimum absolute atomic E-state index is 0.338. The van der Waals surface area contributed by atoms with Crippen LogP contribution in [0.15, 0.2) is 29.0 Å². The summed E-state index contributed by atoms with van der Waals surface area (Å²) in [7, 11) is 0. The fraction of sp³-hybridized carbons (Fsp3) is 0.533. The van der Waals surface area contributed by atoms with E-state index < -0.39 is 0 Å². The van der Waals surface area contributed by atoms with Gasteiger partial charge < -0.3 is 0 Å². The van der Waals surface area contributed by atoms with E-state index in [1.165, 1.54) is 24.0 Å². The molecule has 78 valence electrons. The van der Waals surface area contributed by atoms with Crippen LogP contribution in [0.3, 0.4) is 0 Å². The third-order valence-corrected chi connectivity index (χ3v) is 3.23. The standard InChI is InChI=1S/C15H18/c1-15(2,3)14-10-9-12-7-5-4-6-8-13(14)11-12/h6,8,14H,7,9-10H2,1-3H3/b8-6-. The van der Waals surface area contributed by atoms with E-state index in [2.05, 4.69) is 44.4 Å². The zero-order valence-electron chi connectivity index (χ0n) is 9.85. The Hall–Kier alpha value is -1.18. The van der Waals surface area contributed by atoms with Crippen molar-refractivity contribution in [3.8, 4) is 11.8 Å². The van der Waals surface area contributed by atoms with E-state index in [-0.39, 0.29) is 0 Å². The van der Waals surface area contributed by atoms with Gasteiger partial charge in [-0.2, -0.15) is 0 Å². The van der Waals surface area contributed by atoms with Gasteiger partial charge in [-0.05, 0) is 47.5 Å². The van der Waals surface area contributed by atoms with Gasteiger partial charge in [0.15, 0.2) is 0 Å². The maximum atomic E-state index is 3.56. The van der Waals surface area contributed by atoms with Gasteiger partial charge in [0.2, 0.25) is 0 Å². The van der Waals surface area contributed by atoms with E-state index in [4.69, 9.17) is 0 Å². The highest BCUT2D eigenvalue weighted by molar-refractivity contribution is 5.36. The molecule has 0 amide bonds. The Labute approximate surface area is 92.8 Å². The van der Waals surface area contributed by atoms with Crippen molar-refractivity contribution in [3.63, 3.8) is 0 Å². The lowest BCUT2D eigenvalue weighted by molar-refractivity contribution is 0.265. The van der Waals surface area contributed by atoms with Crippen LogP contribution < -0.4 is 0 Å². The Balaban J connectivity index is 2.40. The van der Waals surface area contributed by atoms with Crippen molar-refractivity contribution >= 4 is 0 Å². The van der Waals surface area contributed by atoms with Gasteiger partial charge in [0.1, 0.15) is 0 Å². The van der Waals surface area contributed by atoms with Crippen LogP contribution in [-0.2, 0) is 0 Å². The molecule has 0 aromatic rings. The van der Waals surface area contributed by atoms with Crippen molar-refractivity contribution in [3.05, 3.63) is 29.0 Å². The van der Waals surface area contributed by atoms with Gasteiger partial charge in [0.25, 0.3) is 0 Å². The Morgan fingerprint density at radius 1 is 1.33 bits per heavy atom. The molecule has 1 atom stereocenters. The summed E-state index contributed by atoms with van der Waals surface area (Å²) < 4.78 is 0. The van der Waals surface area contributed by atoms with Gasteiger partial charge in [-0.3, -0.25) is 0 Å². The lowest BCUT2D eigenvalue weighted by atomic mass is 9.71. The molecule has 2 rings (SSSR count). The molecule has 2 aliphatic carbocycles. The molecule has 0 heteroatoms. The molecule has 0 aromatic carbocycles. The molecule has 0 fully saturated rings. The second-order valence-corrected chi connectivity index (χ2v) is 5.47. The van der Waals surface area contributed by atoms with E-state index >= 15 is 0 Å². The van der Waals surface area contributed by atoms with Crippen LogP contribution >= 0.6 is 0 Å². The van der Waals surface area contributed by atoms with Gasteiger partial charge >= 0.3 is 0 Å². The first kappa shape index (κ1) is 10.3. The normalized spacial score (nSPS) is 26.5. The number of hydrogen-bond acceptors (Lipinski definition) is 0. The maximum Gasteiger partial charge on any atom is 0.0378 e. The lowest BCUT2D eigenvalue weighted by Crippen LogP contribution is -2.23. The first-order valence-corrected chi connectivity index (χ1v) is 5.71. The fourth-order valence-electron chi connectivity index (χ4n) is 2.37. The van der Waals surface area contributed by atoms with E-state index in [0.717, 1.165) is 6.42 Å². The topological polar surface area (TPSA) is 0 Å². The maximum absolute atomic E-state index is 3.56. The predicted octanol–water partition coefficient (Wildman–Crippen LogP) is 3.86. The van der Waals surface area contributed by atoms with Gasteiger partial charge in [0.05, 0.1) is 0 Å². The smallest absolute Gasteiger partial charge is 0.0378 e. The van der Waals surface area contributed by atoms with Crippen molar-refractivity contribution < 1.29 is 0 Å². The van der Waals surface area contributed by atoms with Gasteiger partial charge in [-0.1, -0.05) is 32.6 Å². The predicted molar refractivity (Wildman–Crippen MR) is 64.3 cm³/mol. The van der Waals surface area contributed by atoms with Crippen LogP contribution in [0.1, 0.15) is 40.0 Å². The molecule has 15 heavy (non-hydrogen) atoms. The summed E-state index contributed by atoms with van der Waals surface area (Å²) in [6.07, 6.45) is 7.47. The number of rotatable bonds is 0. The second-order valence-electron chi connectivity index (χ2n) is 5.47. The monoisotopic (exact) mass is 198 g/mol. The molecule has 0 aliphatic heterocycles. The van der Waals surface area contributed by atoms with Crippen LogP contribution in [0.4, 0.5) is 0 Å². The van der Waals surface area contributed by atoms with Crippen molar-refractivity contribution in [2.24, 2.45) is 11.3 Å².